The minimum atomic E-state index is -3.02. The molecule has 1 saturated heterocycles. The van der Waals surface area contributed by atoms with Crippen molar-refractivity contribution in [2.24, 2.45) is 0 Å². The highest BCUT2D eigenvalue weighted by Gasteiger charge is 2.34. The van der Waals surface area contributed by atoms with Crippen molar-refractivity contribution in [3.8, 4) is 0 Å². The first-order chi connectivity index (χ1) is 11.4. The van der Waals surface area contributed by atoms with Gasteiger partial charge in [0.1, 0.15) is 0 Å². The summed E-state index contributed by atoms with van der Waals surface area (Å²) in [6.07, 6.45) is 2.12. The third-order valence-electron chi connectivity index (χ3n) is 4.38. The van der Waals surface area contributed by atoms with E-state index in [1.165, 1.54) is 0 Å². The molecule has 0 bridgehead atoms. The number of anilines is 1. The fraction of sp³-hybridized carbons (Fsp3) is 0.588. The van der Waals surface area contributed by atoms with E-state index in [1.807, 2.05) is 24.3 Å². The fourth-order valence-electron chi connectivity index (χ4n) is 3.06. The minimum absolute atomic E-state index is 0. The number of rotatable bonds is 8. The predicted molar refractivity (Wildman–Crippen MR) is 102 cm³/mol. The Morgan fingerprint density at radius 2 is 2.08 bits per heavy atom. The number of carbonyl (C=O) groups excluding carboxylic acids is 1. The normalized spacial score (nSPS) is 18.5. The van der Waals surface area contributed by atoms with Gasteiger partial charge >= 0.3 is 0 Å². The maximum absolute atomic E-state index is 12.7. The minimum Gasteiger partial charge on any atom is -0.399 e. The summed E-state index contributed by atoms with van der Waals surface area (Å²) in [5.74, 6) is 0.216. The third kappa shape index (κ3) is 6.49. The van der Waals surface area contributed by atoms with Gasteiger partial charge in [-0.2, -0.15) is 0 Å². The van der Waals surface area contributed by atoms with Crippen LogP contribution in [0.25, 0.3) is 0 Å². The maximum atomic E-state index is 12.7. The molecule has 8 heteroatoms. The lowest BCUT2D eigenvalue weighted by Gasteiger charge is -2.28. The number of amides is 1. The number of carbonyl (C=O) groups is 1. The second-order valence-electron chi connectivity index (χ2n) is 6.19. The molecule has 0 aliphatic carbocycles. The van der Waals surface area contributed by atoms with Gasteiger partial charge in [-0.25, -0.2) is 8.42 Å². The molecule has 1 unspecified atom stereocenters. The number of sulfone groups is 1. The van der Waals surface area contributed by atoms with Gasteiger partial charge in [0.2, 0.25) is 5.91 Å². The monoisotopic (exact) mass is 390 g/mol. The maximum Gasteiger partial charge on any atom is 0.223 e. The molecule has 1 amide bonds. The Kier molecular flexibility index (Phi) is 8.68. The van der Waals surface area contributed by atoms with E-state index in [-0.39, 0.29) is 35.9 Å². The summed E-state index contributed by atoms with van der Waals surface area (Å²) >= 11 is 0. The number of nitrogen functional groups attached to an aromatic ring is 1. The number of para-hydroxylation sites is 1. The molecule has 0 radical (unpaired) electrons. The largest absolute Gasteiger partial charge is 0.399 e. The van der Waals surface area contributed by atoms with Gasteiger partial charge in [-0.05, 0) is 30.9 Å². The van der Waals surface area contributed by atoms with Gasteiger partial charge in [-0.1, -0.05) is 18.2 Å². The quantitative estimate of drug-likeness (QED) is 0.538. The molecule has 1 aliphatic rings. The van der Waals surface area contributed by atoms with Crippen molar-refractivity contribution in [1.82, 2.24) is 4.90 Å². The average Bonchev–Trinajstić information content (AvgIpc) is 2.90. The molecule has 6 nitrogen and oxygen atoms in total. The number of nitrogens with zero attached hydrogens (tertiary/aromatic N) is 1. The predicted octanol–water partition coefficient (Wildman–Crippen LogP) is 1.68. The summed E-state index contributed by atoms with van der Waals surface area (Å²) in [6, 6.07) is 7.28. The van der Waals surface area contributed by atoms with Gasteiger partial charge in [0.15, 0.2) is 9.84 Å². The number of nitrogens with two attached hydrogens (primary N) is 1. The van der Waals surface area contributed by atoms with E-state index < -0.39 is 9.84 Å². The van der Waals surface area contributed by atoms with Crippen molar-refractivity contribution in [2.45, 2.75) is 31.7 Å². The van der Waals surface area contributed by atoms with Crippen LogP contribution >= 0.6 is 12.4 Å². The highest BCUT2D eigenvalue weighted by Crippen LogP contribution is 2.20. The standard InChI is InChI=1S/C17H26N2O4S.ClH/c1-23-11-4-10-19(15-9-12-24(21,22)13-15)17(20)8-7-14-5-2-3-6-16(14)18;/h2-3,5-6,15H,4,7-13,18H2,1H3;1H. The molecule has 142 valence electrons. The first-order valence-corrected chi connectivity index (χ1v) is 10.1. The van der Waals surface area contributed by atoms with Crippen LogP contribution in [-0.2, 0) is 25.8 Å². The number of hydrogen-bond donors (Lipinski definition) is 1. The van der Waals surface area contributed by atoms with E-state index in [0.29, 0.717) is 44.5 Å². The SMILES string of the molecule is COCCCN(C(=O)CCc1ccccc1N)C1CCS(=O)(=O)C1.Cl. The van der Waals surface area contributed by atoms with E-state index in [0.717, 1.165) is 5.56 Å². The van der Waals surface area contributed by atoms with Crippen molar-refractivity contribution in [1.29, 1.82) is 0 Å². The van der Waals surface area contributed by atoms with Crippen molar-refractivity contribution < 1.29 is 17.9 Å². The van der Waals surface area contributed by atoms with Crippen LogP contribution in [0, 0.1) is 0 Å². The summed E-state index contributed by atoms with van der Waals surface area (Å²) < 4.78 is 28.5. The molecular weight excluding hydrogens is 364 g/mol. The van der Waals surface area contributed by atoms with Crippen LogP contribution in [0.1, 0.15) is 24.8 Å². The molecule has 0 saturated carbocycles. The van der Waals surface area contributed by atoms with Gasteiger partial charge in [-0.15, -0.1) is 12.4 Å². The van der Waals surface area contributed by atoms with Crippen LogP contribution in [0.2, 0.25) is 0 Å². The van der Waals surface area contributed by atoms with E-state index in [4.69, 9.17) is 10.5 Å². The Balaban J connectivity index is 0.00000312. The van der Waals surface area contributed by atoms with Gasteiger partial charge in [-0.3, -0.25) is 4.79 Å². The Morgan fingerprint density at radius 3 is 2.68 bits per heavy atom. The molecule has 1 aliphatic heterocycles. The van der Waals surface area contributed by atoms with E-state index in [1.54, 1.807) is 12.0 Å². The smallest absolute Gasteiger partial charge is 0.223 e. The molecule has 1 heterocycles. The molecule has 1 aromatic carbocycles. The lowest BCUT2D eigenvalue weighted by atomic mass is 10.1. The Morgan fingerprint density at radius 1 is 1.36 bits per heavy atom. The highest BCUT2D eigenvalue weighted by atomic mass is 35.5. The average molecular weight is 391 g/mol. The number of hydrogen-bond acceptors (Lipinski definition) is 5. The zero-order valence-corrected chi connectivity index (χ0v) is 16.2. The molecule has 0 spiro atoms. The molecule has 1 aromatic rings. The topological polar surface area (TPSA) is 89.7 Å². The van der Waals surface area contributed by atoms with Gasteiger partial charge < -0.3 is 15.4 Å². The zero-order chi connectivity index (χ0) is 17.6. The fourth-order valence-corrected chi connectivity index (χ4v) is 4.79. The number of ether oxygens (including phenoxy) is 1. The highest BCUT2D eigenvalue weighted by molar-refractivity contribution is 7.91. The van der Waals surface area contributed by atoms with Crippen LogP contribution in [0.4, 0.5) is 5.69 Å². The van der Waals surface area contributed by atoms with Crippen LogP contribution in [0.3, 0.4) is 0 Å². The summed E-state index contributed by atoms with van der Waals surface area (Å²) in [4.78, 5) is 14.4. The second kappa shape index (κ2) is 9.99. The first-order valence-electron chi connectivity index (χ1n) is 8.25. The van der Waals surface area contributed by atoms with Crippen LogP contribution in [0.15, 0.2) is 24.3 Å². The molecule has 25 heavy (non-hydrogen) atoms. The summed E-state index contributed by atoms with van der Waals surface area (Å²) in [5.41, 5.74) is 7.54. The van der Waals surface area contributed by atoms with E-state index in [2.05, 4.69) is 0 Å². The number of methoxy groups -OCH3 is 1. The molecule has 2 N–H and O–H groups in total. The van der Waals surface area contributed by atoms with Gasteiger partial charge in [0.05, 0.1) is 11.5 Å². The third-order valence-corrected chi connectivity index (χ3v) is 6.13. The molecular formula is C17H27ClN2O4S. The van der Waals surface area contributed by atoms with Crippen LogP contribution in [0.5, 0.6) is 0 Å². The van der Waals surface area contributed by atoms with E-state index >= 15 is 0 Å². The number of halogens is 1. The molecule has 1 fully saturated rings. The second-order valence-corrected chi connectivity index (χ2v) is 8.42. The van der Waals surface area contributed by atoms with Gasteiger partial charge in [0, 0.05) is 38.4 Å². The summed E-state index contributed by atoms with van der Waals surface area (Å²) in [5, 5.41) is 0. The first kappa shape index (κ1) is 21.7. The van der Waals surface area contributed by atoms with Crippen LogP contribution in [-0.4, -0.2) is 57.0 Å². The Hall–Kier alpha value is -1.31. The number of aryl methyl sites for hydroxylation is 1. The molecule has 2 rings (SSSR count). The van der Waals surface area contributed by atoms with Crippen molar-refractivity contribution in [2.75, 3.05) is 37.5 Å². The molecule has 0 aromatic heterocycles. The van der Waals surface area contributed by atoms with E-state index in [9.17, 15) is 13.2 Å². The zero-order valence-electron chi connectivity index (χ0n) is 14.5. The van der Waals surface area contributed by atoms with Gasteiger partial charge in [0.25, 0.3) is 0 Å². The lowest BCUT2D eigenvalue weighted by Crippen LogP contribution is -2.42. The summed E-state index contributed by atoms with van der Waals surface area (Å²) in [7, 11) is -1.41. The Labute approximate surface area is 156 Å². The van der Waals surface area contributed by atoms with Crippen molar-refractivity contribution >= 4 is 33.8 Å². The van der Waals surface area contributed by atoms with Crippen LogP contribution < -0.4 is 5.73 Å². The lowest BCUT2D eigenvalue weighted by molar-refractivity contribution is -0.133. The Bertz CT molecular complexity index is 666. The number of benzene rings is 1. The summed E-state index contributed by atoms with van der Waals surface area (Å²) in [6.45, 7) is 1.08. The molecule has 1 atom stereocenters. The van der Waals surface area contributed by atoms with Crippen molar-refractivity contribution in [3.63, 3.8) is 0 Å². The van der Waals surface area contributed by atoms with Crippen molar-refractivity contribution in [3.05, 3.63) is 29.8 Å².